The first kappa shape index (κ1) is 9.93. The first-order chi connectivity index (χ1) is 6.15. The third-order valence-corrected chi connectivity index (χ3v) is 2.03. The predicted molar refractivity (Wildman–Crippen MR) is 52.9 cm³/mol. The standard InChI is InChI=1S/C11H14FN/c1-3-4-11(13)9-5-6-10(12)8(2)7-9/h3,5-7,11H,1,4,13H2,2H3. The van der Waals surface area contributed by atoms with Crippen LogP contribution >= 0.6 is 0 Å². The van der Waals surface area contributed by atoms with Crippen LogP contribution in [0.1, 0.15) is 23.6 Å². The second-order valence-electron chi connectivity index (χ2n) is 3.14. The summed E-state index contributed by atoms with van der Waals surface area (Å²) < 4.78 is 12.9. The van der Waals surface area contributed by atoms with Gasteiger partial charge < -0.3 is 5.73 Å². The Hall–Kier alpha value is -1.15. The maximum absolute atomic E-state index is 12.9. The van der Waals surface area contributed by atoms with Crippen molar-refractivity contribution in [2.24, 2.45) is 5.73 Å². The van der Waals surface area contributed by atoms with Crippen molar-refractivity contribution in [3.63, 3.8) is 0 Å². The summed E-state index contributed by atoms with van der Waals surface area (Å²) in [5.41, 5.74) is 7.42. The van der Waals surface area contributed by atoms with Crippen LogP contribution in [-0.2, 0) is 0 Å². The van der Waals surface area contributed by atoms with Gasteiger partial charge in [-0.3, -0.25) is 0 Å². The van der Waals surface area contributed by atoms with Crippen LogP contribution in [-0.4, -0.2) is 0 Å². The quantitative estimate of drug-likeness (QED) is 0.709. The Bertz CT molecular complexity index is 307. The van der Waals surface area contributed by atoms with Gasteiger partial charge in [0.2, 0.25) is 0 Å². The van der Waals surface area contributed by atoms with E-state index in [0.717, 1.165) is 5.56 Å². The summed E-state index contributed by atoms with van der Waals surface area (Å²) in [5, 5.41) is 0. The highest BCUT2D eigenvalue weighted by Crippen LogP contribution is 2.17. The lowest BCUT2D eigenvalue weighted by molar-refractivity contribution is 0.615. The molecule has 0 amide bonds. The molecule has 0 saturated carbocycles. The minimum Gasteiger partial charge on any atom is -0.324 e. The third-order valence-electron chi connectivity index (χ3n) is 2.03. The molecule has 1 rings (SSSR count). The van der Waals surface area contributed by atoms with Gasteiger partial charge in [-0.1, -0.05) is 18.2 Å². The highest BCUT2D eigenvalue weighted by atomic mass is 19.1. The molecular formula is C11H14FN. The summed E-state index contributed by atoms with van der Waals surface area (Å²) in [6.07, 6.45) is 2.48. The first-order valence-corrected chi connectivity index (χ1v) is 4.27. The highest BCUT2D eigenvalue weighted by molar-refractivity contribution is 5.26. The lowest BCUT2D eigenvalue weighted by Gasteiger charge is -2.10. The number of benzene rings is 1. The summed E-state index contributed by atoms with van der Waals surface area (Å²) in [5.74, 6) is -0.186. The van der Waals surface area contributed by atoms with Gasteiger partial charge in [0, 0.05) is 6.04 Å². The van der Waals surface area contributed by atoms with E-state index < -0.39 is 0 Å². The van der Waals surface area contributed by atoms with Crippen molar-refractivity contribution in [3.8, 4) is 0 Å². The average Bonchev–Trinajstić information content (AvgIpc) is 2.10. The van der Waals surface area contributed by atoms with E-state index in [0.29, 0.717) is 12.0 Å². The summed E-state index contributed by atoms with van der Waals surface area (Å²) >= 11 is 0. The molecule has 0 saturated heterocycles. The van der Waals surface area contributed by atoms with Crippen molar-refractivity contribution >= 4 is 0 Å². The SMILES string of the molecule is C=CCC(N)c1ccc(F)c(C)c1. The van der Waals surface area contributed by atoms with Gasteiger partial charge in [-0.15, -0.1) is 6.58 Å². The number of hydrogen-bond donors (Lipinski definition) is 1. The van der Waals surface area contributed by atoms with Gasteiger partial charge in [-0.25, -0.2) is 4.39 Å². The molecule has 2 N–H and O–H groups in total. The monoisotopic (exact) mass is 179 g/mol. The van der Waals surface area contributed by atoms with Gasteiger partial charge in [-0.2, -0.15) is 0 Å². The molecule has 0 aliphatic carbocycles. The second-order valence-corrected chi connectivity index (χ2v) is 3.14. The maximum Gasteiger partial charge on any atom is 0.126 e. The van der Waals surface area contributed by atoms with Gasteiger partial charge in [0.05, 0.1) is 0 Å². The molecule has 0 aromatic heterocycles. The molecule has 0 heterocycles. The van der Waals surface area contributed by atoms with Crippen LogP contribution in [0.25, 0.3) is 0 Å². The van der Waals surface area contributed by atoms with E-state index in [1.54, 1.807) is 25.1 Å². The highest BCUT2D eigenvalue weighted by Gasteiger charge is 2.05. The van der Waals surface area contributed by atoms with E-state index in [9.17, 15) is 4.39 Å². The lowest BCUT2D eigenvalue weighted by atomic mass is 10.0. The molecule has 0 fully saturated rings. The Morgan fingerprint density at radius 1 is 1.62 bits per heavy atom. The Kier molecular flexibility index (Phi) is 3.20. The Balaban J connectivity index is 2.89. The van der Waals surface area contributed by atoms with Crippen molar-refractivity contribution in [1.82, 2.24) is 0 Å². The van der Waals surface area contributed by atoms with Crippen molar-refractivity contribution in [2.45, 2.75) is 19.4 Å². The molecule has 0 bridgehead atoms. The van der Waals surface area contributed by atoms with E-state index in [1.807, 2.05) is 0 Å². The molecule has 1 atom stereocenters. The van der Waals surface area contributed by atoms with Gasteiger partial charge in [0.25, 0.3) is 0 Å². The minimum atomic E-state index is -0.186. The lowest BCUT2D eigenvalue weighted by Crippen LogP contribution is -2.09. The molecule has 2 heteroatoms. The Morgan fingerprint density at radius 3 is 2.85 bits per heavy atom. The molecule has 1 aromatic rings. The predicted octanol–water partition coefficient (Wildman–Crippen LogP) is 2.71. The Labute approximate surface area is 78.1 Å². The van der Waals surface area contributed by atoms with Gasteiger partial charge in [-0.05, 0) is 30.5 Å². The van der Waals surface area contributed by atoms with Crippen LogP contribution in [0.2, 0.25) is 0 Å². The number of nitrogens with two attached hydrogens (primary N) is 1. The average molecular weight is 179 g/mol. The molecule has 0 aliphatic rings. The molecule has 0 spiro atoms. The number of hydrogen-bond acceptors (Lipinski definition) is 1. The van der Waals surface area contributed by atoms with Crippen LogP contribution in [0.15, 0.2) is 30.9 Å². The topological polar surface area (TPSA) is 26.0 Å². The van der Waals surface area contributed by atoms with Crippen LogP contribution < -0.4 is 5.73 Å². The summed E-state index contributed by atoms with van der Waals surface area (Å²) in [4.78, 5) is 0. The van der Waals surface area contributed by atoms with Crippen LogP contribution in [0.4, 0.5) is 4.39 Å². The molecule has 1 aromatic carbocycles. The minimum absolute atomic E-state index is 0.0724. The van der Waals surface area contributed by atoms with Crippen molar-refractivity contribution in [3.05, 3.63) is 47.8 Å². The van der Waals surface area contributed by atoms with Crippen molar-refractivity contribution in [2.75, 3.05) is 0 Å². The van der Waals surface area contributed by atoms with Crippen LogP contribution in [0.5, 0.6) is 0 Å². The molecule has 1 nitrogen and oxygen atoms in total. The number of rotatable bonds is 3. The molecular weight excluding hydrogens is 165 g/mol. The molecule has 13 heavy (non-hydrogen) atoms. The number of halogens is 1. The van der Waals surface area contributed by atoms with E-state index in [4.69, 9.17) is 5.73 Å². The smallest absolute Gasteiger partial charge is 0.126 e. The molecule has 1 unspecified atom stereocenters. The fourth-order valence-corrected chi connectivity index (χ4v) is 1.21. The van der Waals surface area contributed by atoms with Gasteiger partial charge >= 0.3 is 0 Å². The zero-order chi connectivity index (χ0) is 9.84. The largest absolute Gasteiger partial charge is 0.324 e. The second kappa shape index (κ2) is 4.19. The van der Waals surface area contributed by atoms with Crippen molar-refractivity contribution in [1.29, 1.82) is 0 Å². The fraction of sp³-hybridized carbons (Fsp3) is 0.273. The van der Waals surface area contributed by atoms with Crippen molar-refractivity contribution < 1.29 is 4.39 Å². The van der Waals surface area contributed by atoms with Crippen LogP contribution in [0, 0.1) is 12.7 Å². The molecule has 0 aliphatic heterocycles. The summed E-state index contributed by atoms with van der Waals surface area (Å²) in [7, 11) is 0. The zero-order valence-electron chi connectivity index (χ0n) is 7.76. The normalized spacial score (nSPS) is 12.5. The zero-order valence-corrected chi connectivity index (χ0v) is 7.76. The number of aryl methyl sites for hydroxylation is 1. The maximum atomic E-state index is 12.9. The fourth-order valence-electron chi connectivity index (χ4n) is 1.21. The summed E-state index contributed by atoms with van der Waals surface area (Å²) in [6, 6.07) is 4.88. The van der Waals surface area contributed by atoms with E-state index in [1.165, 1.54) is 6.07 Å². The van der Waals surface area contributed by atoms with Gasteiger partial charge in [0.1, 0.15) is 5.82 Å². The van der Waals surface area contributed by atoms with Crippen LogP contribution in [0.3, 0.4) is 0 Å². The van der Waals surface area contributed by atoms with Gasteiger partial charge in [0.15, 0.2) is 0 Å². The summed E-state index contributed by atoms with van der Waals surface area (Å²) in [6.45, 7) is 5.35. The van der Waals surface area contributed by atoms with E-state index >= 15 is 0 Å². The molecule has 0 radical (unpaired) electrons. The first-order valence-electron chi connectivity index (χ1n) is 4.27. The van der Waals surface area contributed by atoms with E-state index in [2.05, 4.69) is 6.58 Å². The van der Waals surface area contributed by atoms with E-state index in [-0.39, 0.29) is 11.9 Å². The molecule has 70 valence electrons. The Morgan fingerprint density at radius 2 is 2.31 bits per heavy atom. The third kappa shape index (κ3) is 2.39.